The third-order valence-electron chi connectivity index (χ3n) is 3.80. The number of hydrogen-bond acceptors (Lipinski definition) is 2. The molecule has 118 valence electrons. The third kappa shape index (κ3) is 2.84. The van der Waals surface area contributed by atoms with Crippen molar-refractivity contribution in [2.45, 2.75) is 18.5 Å². The standard InChI is InChI=1S/C17H12F3NO2/c18-17(19,20)12-6-8-13(9-7-12)21-15(22)10-14(16(21)23)11-4-2-1-3-5-11/h1-9,14H,10H2/t14-/m0/s1. The fraction of sp³-hybridized carbons (Fsp3) is 0.176. The second-order valence-corrected chi connectivity index (χ2v) is 5.28. The van der Waals surface area contributed by atoms with Gasteiger partial charge in [0.1, 0.15) is 0 Å². The molecule has 1 aliphatic heterocycles. The van der Waals surface area contributed by atoms with E-state index in [2.05, 4.69) is 0 Å². The van der Waals surface area contributed by atoms with Gasteiger partial charge in [0.25, 0.3) is 0 Å². The molecule has 1 heterocycles. The van der Waals surface area contributed by atoms with Gasteiger partial charge in [0.05, 0.1) is 17.2 Å². The number of hydrogen-bond donors (Lipinski definition) is 0. The van der Waals surface area contributed by atoms with Crippen molar-refractivity contribution in [1.82, 2.24) is 0 Å². The number of anilines is 1. The Hall–Kier alpha value is -2.63. The highest BCUT2D eigenvalue weighted by atomic mass is 19.4. The minimum Gasteiger partial charge on any atom is -0.274 e. The summed E-state index contributed by atoms with van der Waals surface area (Å²) in [5, 5.41) is 0. The van der Waals surface area contributed by atoms with E-state index in [0.717, 1.165) is 34.7 Å². The van der Waals surface area contributed by atoms with E-state index < -0.39 is 29.5 Å². The number of alkyl halides is 3. The van der Waals surface area contributed by atoms with Crippen LogP contribution in [0.3, 0.4) is 0 Å². The maximum absolute atomic E-state index is 12.6. The molecule has 6 heteroatoms. The summed E-state index contributed by atoms with van der Waals surface area (Å²) < 4.78 is 37.8. The molecular formula is C17H12F3NO2. The van der Waals surface area contributed by atoms with Crippen LogP contribution in [0.4, 0.5) is 18.9 Å². The lowest BCUT2D eigenvalue weighted by Crippen LogP contribution is -2.30. The first-order valence-electron chi connectivity index (χ1n) is 6.97. The Morgan fingerprint density at radius 2 is 1.52 bits per heavy atom. The third-order valence-corrected chi connectivity index (χ3v) is 3.80. The lowest BCUT2D eigenvalue weighted by atomic mass is 9.98. The number of rotatable bonds is 2. The molecule has 0 aliphatic carbocycles. The highest BCUT2D eigenvalue weighted by Crippen LogP contribution is 2.35. The molecule has 0 aromatic heterocycles. The molecule has 1 saturated heterocycles. The van der Waals surface area contributed by atoms with Gasteiger partial charge in [-0.1, -0.05) is 30.3 Å². The van der Waals surface area contributed by atoms with E-state index in [1.807, 2.05) is 0 Å². The Labute approximate surface area is 130 Å². The number of nitrogens with zero attached hydrogens (tertiary/aromatic N) is 1. The van der Waals surface area contributed by atoms with Gasteiger partial charge >= 0.3 is 6.18 Å². The van der Waals surface area contributed by atoms with Crippen molar-refractivity contribution < 1.29 is 22.8 Å². The van der Waals surface area contributed by atoms with Crippen LogP contribution < -0.4 is 4.90 Å². The highest BCUT2D eigenvalue weighted by Gasteiger charge is 2.40. The molecule has 1 aliphatic rings. The summed E-state index contributed by atoms with van der Waals surface area (Å²) in [7, 11) is 0. The van der Waals surface area contributed by atoms with E-state index in [0.29, 0.717) is 0 Å². The van der Waals surface area contributed by atoms with Crippen molar-refractivity contribution in [2.24, 2.45) is 0 Å². The summed E-state index contributed by atoms with van der Waals surface area (Å²) in [6.07, 6.45) is -4.44. The van der Waals surface area contributed by atoms with E-state index in [1.54, 1.807) is 30.3 Å². The van der Waals surface area contributed by atoms with Gasteiger partial charge in [0, 0.05) is 6.42 Å². The first kappa shape index (κ1) is 15.3. The Morgan fingerprint density at radius 3 is 2.09 bits per heavy atom. The van der Waals surface area contributed by atoms with Gasteiger partial charge in [-0.05, 0) is 29.8 Å². The second-order valence-electron chi connectivity index (χ2n) is 5.28. The Bertz CT molecular complexity index is 739. The van der Waals surface area contributed by atoms with Crippen LogP contribution >= 0.6 is 0 Å². The lowest BCUT2D eigenvalue weighted by molar-refractivity contribution is -0.137. The quantitative estimate of drug-likeness (QED) is 0.791. The van der Waals surface area contributed by atoms with Crippen LogP contribution in [-0.4, -0.2) is 11.8 Å². The average Bonchev–Trinajstić information content (AvgIpc) is 2.82. The summed E-state index contributed by atoms with van der Waals surface area (Å²) >= 11 is 0. The van der Waals surface area contributed by atoms with Crippen molar-refractivity contribution >= 4 is 17.5 Å². The largest absolute Gasteiger partial charge is 0.416 e. The summed E-state index contributed by atoms with van der Waals surface area (Å²) in [6, 6.07) is 12.9. The molecule has 1 fully saturated rings. The van der Waals surface area contributed by atoms with Crippen LogP contribution in [0.2, 0.25) is 0 Å². The molecule has 2 aromatic rings. The van der Waals surface area contributed by atoms with Crippen LogP contribution in [0.5, 0.6) is 0 Å². The highest BCUT2D eigenvalue weighted by molar-refractivity contribution is 6.22. The van der Waals surface area contributed by atoms with Crippen molar-refractivity contribution in [3.05, 3.63) is 65.7 Å². The number of amides is 2. The Balaban J connectivity index is 1.89. The minimum absolute atomic E-state index is 0.0177. The van der Waals surface area contributed by atoms with Crippen LogP contribution in [-0.2, 0) is 15.8 Å². The van der Waals surface area contributed by atoms with Crippen molar-refractivity contribution in [3.8, 4) is 0 Å². The molecule has 0 N–H and O–H groups in total. The molecule has 3 nitrogen and oxygen atoms in total. The van der Waals surface area contributed by atoms with Crippen LogP contribution in [0.25, 0.3) is 0 Å². The van der Waals surface area contributed by atoms with Crippen molar-refractivity contribution in [2.75, 3.05) is 4.90 Å². The molecule has 2 amide bonds. The van der Waals surface area contributed by atoms with E-state index in [1.165, 1.54) is 0 Å². The lowest BCUT2D eigenvalue weighted by Gasteiger charge is -2.16. The smallest absolute Gasteiger partial charge is 0.274 e. The maximum Gasteiger partial charge on any atom is 0.416 e. The molecule has 3 rings (SSSR count). The molecule has 2 aromatic carbocycles. The van der Waals surface area contributed by atoms with Gasteiger partial charge in [-0.15, -0.1) is 0 Å². The van der Waals surface area contributed by atoms with Crippen LogP contribution in [0, 0.1) is 0 Å². The molecule has 1 atom stereocenters. The van der Waals surface area contributed by atoms with Gasteiger partial charge < -0.3 is 0 Å². The van der Waals surface area contributed by atoms with Gasteiger partial charge in [0.15, 0.2) is 0 Å². The first-order chi connectivity index (χ1) is 10.9. The summed E-state index contributed by atoms with van der Waals surface area (Å²) in [5.74, 6) is -1.42. The molecule has 0 bridgehead atoms. The molecule has 23 heavy (non-hydrogen) atoms. The van der Waals surface area contributed by atoms with Gasteiger partial charge in [0.2, 0.25) is 11.8 Å². The molecule has 0 radical (unpaired) electrons. The molecular weight excluding hydrogens is 307 g/mol. The number of imide groups is 1. The number of halogens is 3. The normalized spacial score (nSPS) is 18.6. The first-order valence-corrected chi connectivity index (χ1v) is 6.97. The summed E-state index contributed by atoms with van der Waals surface area (Å²) in [4.78, 5) is 25.6. The zero-order chi connectivity index (χ0) is 16.6. The average molecular weight is 319 g/mol. The summed E-state index contributed by atoms with van der Waals surface area (Å²) in [5.41, 5.74) is 0.0617. The van der Waals surface area contributed by atoms with Crippen molar-refractivity contribution in [1.29, 1.82) is 0 Å². The topological polar surface area (TPSA) is 37.4 Å². The number of carbonyl (C=O) groups is 2. The fourth-order valence-corrected chi connectivity index (χ4v) is 2.65. The predicted octanol–water partition coefficient (Wildman–Crippen LogP) is 3.75. The Kier molecular flexibility index (Phi) is 3.67. The fourth-order valence-electron chi connectivity index (χ4n) is 2.65. The van der Waals surface area contributed by atoms with Crippen LogP contribution in [0.1, 0.15) is 23.5 Å². The predicted molar refractivity (Wildman–Crippen MR) is 77.7 cm³/mol. The molecule has 0 saturated carbocycles. The zero-order valence-corrected chi connectivity index (χ0v) is 11.9. The number of benzene rings is 2. The van der Waals surface area contributed by atoms with E-state index >= 15 is 0 Å². The maximum atomic E-state index is 12.6. The second kappa shape index (κ2) is 5.53. The number of carbonyl (C=O) groups excluding carboxylic acids is 2. The zero-order valence-electron chi connectivity index (χ0n) is 11.9. The van der Waals surface area contributed by atoms with Gasteiger partial charge in [-0.3, -0.25) is 14.5 Å². The molecule has 0 unspecified atom stereocenters. The summed E-state index contributed by atoms with van der Waals surface area (Å²) in [6.45, 7) is 0. The van der Waals surface area contributed by atoms with Crippen molar-refractivity contribution in [3.63, 3.8) is 0 Å². The van der Waals surface area contributed by atoms with Gasteiger partial charge in [-0.25, -0.2) is 0 Å². The van der Waals surface area contributed by atoms with E-state index in [9.17, 15) is 22.8 Å². The van der Waals surface area contributed by atoms with Crippen LogP contribution in [0.15, 0.2) is 54.6 Å². The monoisotopic (exact) mass is 319 g/mol. The van der Waals surface area contributed by atoms with E-state index in [4.69, 9.17) is 0 Å². The minimum atomic E-state index is -4.45. The molecule has 0 spiro atoms. The van der Waals surface area contributed by atoms with Gasteiger partial charge in [-0.2, -0.15) is 13.2 Å². The van der Waals surface area contributed by atoms with E-state index in [-0.39, 0.29) is 12.1 Å². The Morgan fingerprint density at radius 1 is 0.913 bits per heavy atom. The SMILES string of the molecule is O=C1C[C@@H](c2ccccc2)C(=O)N1c1ccc(C(F)(F)F)cc1.